The molecule has 0 aliphatic carbocycles. The predicted octanol–water partition coefficient (Wildman–Crippen LogP) is 2.48. The molecule has 0 saturated carbocycles. The second-order valence-corrected chi connectivity index (χ2v) is 4.41. The van der Waals surface area contributed by atoms with Gasteiger partial charge in [0.25, 0.3) is 0 Å². The molecule has 0 radical (unpaired) electrons. The van der Waals surface area contributed by atoms with Crippen molar-refractivity contribution >= 4 is 5.97 Å². The van der Waals surface area contributed by atoms with Gasteiger partial charge in [-0.3, -0.25) is 4.79 Å². The smallest absolute Gasteiger partial charge is 0.313 e. The van der Waals surface area contributed by atoms with Gasteiger partial charge in [0.15, 0.2) is 0 Å². The van der Waals surface area contributed by atoms with E-state index in [1.54, 1.807) is 6.20 Å². The van der Waals surface area contributed by atoms with Crippen LogP contribution in [0.15, 0.2) is 30.5 Å². The van der Waals surface area contributed by atoms with Gasteiger partial charge in [0.2, 0.25) is 0 Å². The Hall–Kier alpha value is -2.23. The van der Waals surface area contributed by atoms with Crippen LogP contribution in [-0.2, 0) is 16.0 Å². The van der Waals surface area contributed by atoms with Gasteiger partial charge in [-0.1, -0.05) is 12.1 Å². The highest BCUT2D eigenvalue weighted by atomic mass is 16.5. The first-order chi connectivity index (χ1) is 9.10. The highest BCUT2D eigenvalue weighted by Gasteiger charge is 2.08. The highest BCUT2D eigenvalue weighted by molar-refractivity contribution is 5.71. The van der Waals surface area contributed by atoms with Crippen LogP contribution in [0.1, 0.15) is 17.0 Å². The summed E-state index contributed by atoms with van der Waals surface area (Å²) in [6.07, 6.45) is 1.75. The second kappa shape index (κ2) is 5.61. The van der Waals surface area contributed by atoms with Crippen LogP contribution in [0.25, 0.3) is 11.3 Å². The Morgan fingerprint density at radius 2 is 2.00 bits per heavy atom. The molecule has 0 aliphatic heterocycles. The minimum atomic E-state index is -0.336. The van der Waals surface area contributed by atoms with E-state index >= 15 is 0 Å². The van der Waals surface area contributed by atoms with E-state index in [4.69, 9.17) is 0 Å². The van der Waals surface area contributed by atoms with Crippen molar-refractivity contribution in [2.45, 2.75) is 20.3 Å². The summed E-state index contributed by atoms with van der Waals surface area (Å²) >= 11 is 0. The third-order valence-corrected chi connectivity index (χ3v) is 3.04. The maximum Gasteiger partial charge on any atom is 0.313 e. The lowest BCUT2D eigenvalue weighted by Gasteiger charge is -2.06. The number of aromatic nitrogens is 2. The van der Waals surface area contributed by atoms with E-state index in [0.29, 0.717) is 5.82 Å². The fraction of sp³-hybridized carbons (Fsp3) is 0.267. The number of methoxy groups -OCH3 is 1. The molecule has 0 bridgehead atoms. The molecule has 0 atom stereocenters. The van der Waals surface area contributed by atoms with Crippen LogP contribution < -0.4 is 0 Å². The number of nitrogens with zero attached hydrogens (tertiary/aromatic N) is 2. The van der Waals surface area contributed by atoms with E-state index in [-0.39, 0.29) is 12.4 Å². The van der Waals surface area contributed by atoms with Crippen LogP contribution in [0, 0.1) is 13.8 Å². The Morgan fingerprint density at radius 1 is 1.21 bits per heavy atom. The van der Waals surface area contributed by atoms with E-state index in [2.05, 4.69) is 40.7 Å². The van der Waals surface area contributed by atoms with Crippen molar-refractivity contribution in [1.29, 1.82) is 0 Å². The Morgan fingerprint density at radius 3 is 2.68 bits per heavy atom. The first-order valence-corrected chi connectivity index (χ1v) is 6.06. The van der Waals surface area contributed by atoms with Crippen molar-refractivity contribution in [3.63, 3.8) is 0 Å². The molecule has 0 aliphatic rings. The molecule has 1 heterocycles. The quantitative estimate of drug-likeness (QED) is 0.792. The maximum atomic E-state index is 11.2. The number of benzene rings is 1. The molecule has 0 spiro atoms. The Bertz CT molecular complexity index is 609. The first kappa shape index (κ1) is 13.2. The molecule has 1 aromatic heterocycles. The van der Waals surface area contributed by atoms with Crippen LogP contribution in [0.5, 0.6) is 0 Å². The van der Waals surface area contributed by atoms with Gasteiger partial charge in [0.1, 0.15) is 12.2 Å². The zero-order valence-corrected chi connectivity index (χ0v) is 11.3. The minimum Gasteiger partial charge on any atom is -0.469 e. The van der Waals surface area contributed by atoms with Crippen LogP contribution in [0.2, 0.25) is 0 Å². The third-order valence-electron chi connectivity index (χ3n) is 3.04. The summed E-state index contributed by atoms with van der Waals surface area (Å²) in [6, 6.07) is 8.00. The van der Waals surface area contributed by atoms with Crippen LogP contribution in [-0.4, -0.2) is 23.0 Å². The Balaban J connectivity index is 2.32. The summed E-state index contributed by atoms with van der Waals surface area (Å²) in [5, 5.41) is 0. The van der Waals surface area contributed by atoms with Crippen molar-refractivity contribution in [3.8, 4) is 11.3 Å². The highest BCUT2D eigenvalue weighted by Crippen LogP contribution is 2.20. The Kier molecular flexibility index (Phi) is 3.90. The predicted molar refractivity (Wildman–Crippen MR) is 72.7 cm³/mol. The van der Waals surface area contributed by atoms with Gasteiger partial charge in [-0.25, -0.2) is 9.97 Å². The first-order valence-electron chi connectivity index (χ1n) is 6.06. The number of ether oxygens (including phenoxy) is 1. The molecule has 1 aromatic carbocycles. The van der Waals surface area contributed by atoms with Crippen LogP contribution in [0.4, 0.5) is 0 Å². The molecule has 4 heteroatoms. The SMILES string of the molecule is COC(=O)Cc1nccc(-c2ccc(C)c(C)c2)n1. The third kappa shape index (κ3) is 3.16. The van der Waals surface area contributed by atoms with Crippen molar-refractivity contribution in [2.75, 3.05) is 7.11 Å². The van der Waals surface area contributed by atoms with Crippen molar-refractivity contribution in [2.24, 2.45) is 0 Å². The van der Waals surface area contributed by atoms with Gasteiger partial charge in [-0.05, 0) is 37.1 Å². The van der Waals surface area contributed by atoms with Gasteiger partial charge in [0, 0.05) is 11.8 Å². The number of esters is 1. The number of aryl methyl sites for hydroxylation is 2. The average Bonchev–Trinajstić information content (AvgIpc) is 2.42. The summed E-state index contributed by atoms with van der Waals surface area (Å²) in [5.41, 5.74) is 4.30. The van der Waals surface area contributed by atoms with Gasteiger partial charge >= 0.3 is 5.97 Å². The number of carbonyl (C=O) groups is 1. The lowest BCUT2D eigenvalue weighted by molar-refractivity contribution is -0.139. The largest absolute Gasteiger partial charge is 0.469 e. The van der Waals surface area contributed by atoms with Crippen molar-refractivity contribution < 1.29 is 9.53 Å². The van der Waals surface area contributed by atoms with Crippen molar-refractivity contribution in [1.82, 2.24) is 9.97 Å². The summed E-state index contributed by atoms with van der Waals surface area (Å²) in [6.45, 7) is 4.14. The fourth-order valence-corrected chi connectivity index (χ4v) is 1.75. The monoisotopic (exact) mass is 256 g/mol. The molecular formula is C15H16N2O2. The molecule has 2 rings (SSSR count). The summed E-state index contributed by atoms with van der Waals surface area (Å²) < 4.78 is 4.62. The van der Waals surface area contributed by atoms with E-state index in [9.17, 15) is 4.79 Å². The minimum absolute atomic E-state index is 0.0924. The number of carbonyl (C=O) groups excluding carboxylic acids is 1. The second-order valence-electron chi connectivity index (χ2n) is 4.41. The topological polar surface area (TPSA) is 52.1 Å². The van der Waals surface area contributed by atoms with E-state index < -0.39 is 0 Å². The molecule has 0 N–H and O–H groups in total. The molecular weight excluding hydrogens is 240 g/mol. The fourth-order valence-electron chi connectivity index (χ4n) is 1.75. The molecule has 19 heavy (non-hydrogen) atoms. The molecule has 0 unspecified atom stereocenters. The molecule has 0 amide bonds. The normalized spacial score (nSPS) is 10.3. The lowest BCUT2D eigenvalue weighted by Crippen LogP contribution is -2.08. The maximum absolute atomic E-state index is 11.2. The number of rotatable bonds is 3. The summed E-state index contributed by atoms with van der Waals surface area (Å²) in [4.78, 5) is 19.7. The molecule has 98 valence electrons. The summed E-state index contributed by atoms with van der Waals surface area (Å²) in [5.74, 6) is 0.139. The zero-order chi connectivity index (χ0) is 13.8. The van der Waals surface area contributed by atoms with E-state index in [0.717, 1.165) is 11.3 Å². The van der Waals surface area contributed by atoms with Gasteiger partial charge < -0.3 is 4.74 Å². The van der Waals surface area contributed by atoms with Crippen molar-refractivity contribution in [3.05, 3.63) is 47.4 Å². The standard InChI is InChI=1S/C15H16N2O2/c1-10-4-5-12(8-11(10)2)13-6-7-16-14(17-13)9-15(18)19-3/h4-8H,9H2,1-3H3. The van der Waals surface area contributed by atoms with Crippen LogP contribution >= 0.6 is 0 Å². The zero-order valence-electron chi connectivity index (χ0n) is 11.3. The molecule has 2 aromatic rings. The molecule has 0 saturated heterocycles. The van der Waals surface area contributed by atoms with E-state index in [1.165, 1.54) is 18.2 Å². The number of hydrogen-bond donors (Lipinski definition) is 0. The van der Waals surface area contributed by atoms with E-state index in [1.807, 2.05) is 12.1 Å². The summed E-state index contributed by atoms with van der Waals surface area (Å²) in [7, 11) is 1.36. The van der Waals surface area contributed by atoms with Gasteiger partial charge in [0.05, 0.1) is 12.8 Å². The van der Waals surface area contributed by atoms with Gasteiger partial charge in [-0.15, -0.1) is 0 Å². The lowest BCUT2D eigenvalue weighted by atomic mass is 10.0. The van der Waals surface area contributed by atoms with Gasteiger partial charge in [-0.2, -0.15) is 0 Å². The average molecular weight is 256 g/mol. The molecule has 4 nitrogen and oxygen atoms in total. The Labute approximate surface area is 112 Å². The van der Waals surface area contributed by atoms with Crippen LogP contribution in [0.3, 0.4) is 0 Å². The molecule has 0 fully saturated rings. The number of hydrogen-bond acceptors (Lipinski definition) is 4.